The molecule has 0 spiro atoms. The van der Waals surface area contributed by atoms with E-state index < -0.39 is 5.92 Å². The average molecular weight is 381 g/mol. The summed E-state index contributed by atoms with van der Waals surface area (Å²) in [5.74, 6) is 0.464. The van der Waals surface area contributed by atoms with Crippen LogP contribution in [-0.2, 0) is 9.59 Å². The van der Waals surface area contributed by atoms with E-state index in [1.807, 2.05) is 31.2 Å². The van der Waals surface area contributed by atoms with E-state index in [9.17, 15) is 9.59 Å². The van der Waals surface area contributed by atoms with Gasteiger partial charge in [0.25, 0.3) is 0 Å². The number of aryl methyl sites for hydroxylation is 1. The maximum atomic E-state index is 12.4. The summed E-state index contributed by atoms with van der Waals surface area (Å²) < 4.78 is 10.5. The zero-order chi connectivity index (χ0) is 20.1. The van der Waals surface area contributed by atoms with Crippen LogP contribution in [0.2, 0.25) is 0 Å². The van der Waals surface area contributed by atoms with Crippen LogP contribution in [0.4, 0.5) is 5.69 Å². The predicted octanol–water partition coefficient (Wildman–Crippen LogP) is 2.52. The van der Waals surface area contributed by atoms with Gasteiger partial charge in [-0.1, -0.05) is 17.7 Å². The minimum absolute atomic E-state index is 0.0672. The number of hydrazone groups is 1. The molecule has 0 aliphatic carbocycles. The van der Waals surface area contributed by atoms with Crippen LogP contribution in [0.25, 0.3) is 0 Å². The molecule has 1 fully saturated rings. The van der Waals surface area contributed by atoms with E-state index in [-0.39, 0.29) is 18.2 Å². The van der Waals surface area contributed by atoms with Crippen LogP contribution < -0.4 is 19.8 Å². The second kappa shape index (κ2) is 8.56. The number of hydrogen-bond acceptors (Lipinski definition) is 5. The number of ether oxygens (including phenoxy) is 2. The molecule has 0 aromatic heterocycles. The molecule has 0 bridgehead atoms. The van der Waals surface area contributed by atoms with Gasteiger partial charge in [-0.05, 0) is 37.3 Å². The first-order valence-electron chi connectivity index (χ1n) is 8.94. The van der Waals surface area contributed by atoms with Gasteiger partial charge in [0.05, 0.1) is 26.4 Å². The maximum absolute atomic E-state index is 12.4. The Morgan fingerprint density at radius 2 is 1.93 bits per heavy atom. The molecule has 2 amide bonds. The van der Waals surface area contributed by atoms with Crippen LogP contribution >= 0.6 is 0 Å². The standard InChI is InChI=1S/C21H23N3O4/c1-14-4-6-17(7-5-14)24-13-16(11-20(24)25)21(26)23-22-12-15-10-18(27-2)8-9-19(15)28-3/h4-10,12,16H,11,13H2,1-3H3,(H,23,26)/b22-12+/t16-/m1/s1. The van der Waals surface area contributed by atoms with Crippen LogP contribution in [0.3, 0.4) is 0 Å². The molecular formula is C21H23N3O4. The van der Waals surface area contributed by atoms with Gasteiger partial charge >= 0.3 is 0 Å². The number of rotatable bonds is 6. The molecule has 28 heavy (non-hydrogen) atoms. The first-order chi connectivity index (χ1) is 13.5. The molecule has 1 saturated heterocycles. The van der Waals surface area contributed by atoms with E-state index in [0.29, 0.717) is 23.6 Å². The number of anilines is 1. The highest BCUT2D eigenvalue weighted by Gasteiger charge is 2.35. The van der Waals surface area contributed by atoms with Gasteiger partial charge in [0.2, 0.25) is 11.8 Å². The molecule has 1 heterocycles. The van der Waals surface area contributed by atoms with Gasteiger partial charge in [0.15, 0.2) is 0 Å². The van der Waals surface area contributed by atoms with Crippen molar-refractivity contribution in [2.45, 2.75) is 13.3 Å². The normalized spacial score (nSPS) is 16.5. The van der Waals surface area contributed by atoms with Gasteiger partial charge in [0, 0.05) is 24.2 Å². The fourth-order valence-corrected chi connectivity index (χ4v) is 3.05. The molecule has 1 aliphatic rings. The Kier molecular flexibility index (Phi) is 5.93. The van der Waals surface area contributed by atoms with Crippen molar-refractivity contribution in [1.29, 1.82) is 0 Å². The number of benzene rings is 2. The highest BCUT2D eigenvalue weighted by molar-refractivity contribution is 6.00. The van der Waals surface area contributed by atoms with Crippen molar-refractivity contribution in [2.24, 2.45) is 11.0 Å². The molecule has 2 aromatic rings. The monoisotopic (exact) mass is 381 g/mol. The summed E-state index contributed by atoms with van der Waals surface area (Å²) in [4.78, 5) is 26.4. The third kappa shape index (κ3) is 4.31. The second-order valence-corrected chi connectivity index (χ2v) is 6.58. The molecule has 2 aromatic carbocycles. The minimum Gasteiger partial charge on any atom is -0.497 e. The quantitative estimate of drug-likeness (QED) is 0.616. The smallest absolute Gasteiger partial charge is 0.245 e. The zero-order valence-corrected chi connectivity index (χ0v) is 16.1. The Bertz CT molecular complexity index is 893. The fraction of sp³-hybridized carbons (Fsp3) is 0.286. The molecular weight excluding hydrogens is 358 g/mol. The summed E-state index contributed by atoms with van der Waals surface area (Å²) >= 11 is 0. The van der Waals surface area contributed by atoms with Crippen LogP contribution in [0, 0.1) is 12.8 Å². The van der Waals surface area contributed by atoms with Crippen LogP contribution in [0.1, 0.15) is 17.5 Å². The van der Waals surface area contributed by atoms with E-state index >= 15 is 0 Å². The first kappa shape index (κ1) is 19.4. The van der Waals surface area contributed by atoms with Crippen LogP contribution in [0.5, 0.6) is 11.5 Å². The lowest BCUT2D eigenvalue weighted by Gasteiger charge is -2.16. The molecule has 0 unspecified atom stereocenters. The van der Waals surface area contributed by atoms with Gasteiger partial charge in [-0.15, -0.1) is 0 Å². The van der Waals surface area contributed by atoms with E-state index in [1.165, 1.54) is 6.21 Å². The summed E-state index contributed by atoms with van der Waals surface area (Å²) in [7, 11) is 3.13. The molecule has 7 heteroatoms. The Hall–Kier alpha value is -3.35. The van der Waals surface area contributed by atoms with E-state index in [0.717, 1.165) is 11.3 Å². The minimum atomic E-state index is -0.446. The van der Waals surface area contributed by atoms with Gasteiger partial charge in [-0.3, -0.25) is 9.59 Å². The fourth-order valence-electron chi connectivity index (χ4n) is 3.05. The van der Waals surface area contributed by atoms with Crippen molar-refractivity contribution >= 4 is 23.7 Å². The SMILES string of the molecule is COc1ccc(OC)c(/C=N/NC(=O)[C@@H]2CC(=O)N(c3ccc(C)cc3)C2)c1. The van der Waals surface area contributed by atoms with E-state index in [1.54, 1.807) is 37.3 Å². The zero-order valence-electron chi connectivity index (χ0n) is 16.1. The maximum Gasteiger partial charge on any atom is 0.245 e. The van der Waals surface area contributed by atoms with Crippen molar-refractivity contribution in [3.63, 3.8) is 0 Å². The Morgan fingerprint density at radius 1 is 1.18 bits per heavy atom. The number of nitrogens with one attached hydrogen (secondary N) is 1. The van der Waals surface area contributed by atoms with Crippen molar-refractivity contribution < 1.29 is 19.1 Å². The lowest BCUT2D eigenvalue weighted by molar-refractivity contribution is -0.126. The summed E-state index contributed by atoms with van der Waals surface area (Å²) in [5.41, 5.74) is 5.11. The molecule has 3 rings (SSSR count). The van der Waals surface area contributed by atoms with E-state index in [4.69, 9.17) is 9.47 Å². The van der Waals surface area contributed by atoms with Crippen LogP contribution in [0.15, 0.2) is 47.6 Å². The topological polar surface area (TPSA) is 80.2 Å². The summed E-state index contributed by atoms with van der Waals surface area (Å²) in [6, 6.07) is 13.0. The molecule has 7 nitrogen and oxygen atoms in total. The largest absolute Gasteiger partial charge is 0.497 e. The number of carbonyl (C=O) groups excluding carboxylic acids is 2. The van der Waals surface area contributed by atoms with Gasteiger partial charge in [-0.25, -0.2) is 5.43 Å². The number of amides is 2. The van der Waals surface area contributed by atoms with Crippen molar-refractivity contribution in [3.05, 3.63) is 53.6 Å². The highest BCUT2D eigenvalue weighted by Crippen LogP contribution is 2.25. The van der Waals surface area contributed by atoms with Gasteiger partial charge < -0.3 is 14.4 Å². The van der Waals surface area contributed by atoms with Crippen molar-refractivity contribution in [2.75, 3.05) is 25.7 Å². The van der Waals surface area contributed by atoms with Crippen molar-refractivity contribution in [1.82, 2.24) is 5.43 Å². The first-order valence-corrected chi connectivity index (χ1v) is 8.94. The van der Waals surface area contributed by atoms with Crippen molar-refractivity contribution in [3.8, 4) is 11.5 Å². The Labute approximate surface area is 163 Å². The lowest BCUT2D eigenvalue weighted by Crippen LogP contribution is -2.30. The third-order valence-corrected chi connectivity index (χ3v) is 4.66. The lowest BCUT2D eigenvalue weighted by atomic mass is 10.1. The number of hydrogen-bond donors (Lipinski definition) is 1. The number of carbonyl (C=O) groups is 2. The highest BCUT2D eigenvalue weighted by atomic mass is 16.5. The second-order valence-electron chi connectivity index (χ2n) is 6.58. The Balaban J connectivity index is 1.63. The summed E-state index contributed by atoms with van der Waals surface area (Å²) in [6.45, 7) is 2.33. The number of nitrogens with zero attached hydrogens (tertiary/aromatic N) is 2. The summed E-state index contributed by atoms with van der Waals surface area (Å²) in [6.07, 6.45) is 1.66. The predicted molar refractivity (Wildman–Crippen MR) is 107 cm³/mol. The molecule has 0 saturated carbocycles. The molecule has 146 valence electrons. The molecule has 1 aliphatic heterocycles. The Morgan fingerprint density at radius 3 is 2.61 bits per heavy atom. The van der Waals surface area contributed by atoms with Crippen LogP contribution in [-0.4, -0.2) is 38.8 Å². The van der Waals surface area contributed by atoms with E-state index in [2.05, 4.69) is 10.5 Å². The third-order valence-electron chi connectivity index (χ3n) is 4.66. The van der Waals surface area contributed by atoms with Gasteiger partial charge in [-0.2, -0.15) is 5.10 Å². The summed E-state index contributed by atoms with van der Waals surface area (Å²) in [5, 5.41) is 4.01. The van der Waals surface area contributed by atoms with Gasteiger partial charge in [0.1, 0.15) is 11.5 Å². The molecule has 1 atom stereocenters. The number of methoxy groups -OCH3 is 2. The molecule has 0 radical (unpaired) electrons. The molecule has 1 N–H and O–H groups in total. The average Bonchev–Trinajstić information content (AvgIpc) is 3.10.